The third-order valence-corrected chi connectivity index (χ3v) is 9.51. The molecule has 0 unspecified atom stereocenters. The molecule has 218 valence electrons. The smallest absolute Gasteiger partial charge is 0.137 e. The van der Waals surface area contributed by atoms with Crippen LogP contribution in [0, 0.1) is 11.3 Å². The van der Waals surface area contributed by atoms with E-state index < -0.39 is 0 Å². The van der Waals surface area contributed by atoms with Crippen LogP contribution in [0.25, 0.3) is 88.1 Å². The molecule has 0 aliphatic carbocycles. The van der Waals surface area contributed by atoms with Gasteiger partial charge in [-0.3, -0.25) is 0 Å². The Balaban J connectivity index is 1.26. The summed E-state index contributed by atoms with van der Waals surface area (Å²) < 4.78 is 11.0. The Bertz CT molecular complexity index is 2880. The van der Waals surface area contributed by atoms with Crippen molar-refractivity contribution in [3.05, 3.63) is 157 Å². The predicted molar refractivity (Wildman–Crippen MR) is 193 cm³/mol. The average molecular weight is 600 g/mol. The molecule has 4 nitrogen and oxygen atoms in total. The number of nitriles is 1. The molecule has 7 aromatic carbocycles. The Morgan fingerprint density at radius 2 is 1.04 bits per heavy atom. The molecule has 0 saturated carbocycles. The summed E-state index contributed by atoms with van der Waals surface area (Å²) in [4.78, 5) is 0. The lowest BCUT2D eigenvalue weighted by Crippen LogP contribution is -1.99. The number of hydrogen-bond donors (Lipinski definition) is 0. The summed E-state index contributed by atoms with van der Waals surface area (Å²) in [6.07, 6.45) is 0. The Labute approximate surface area is 269 Å². The van der Waals surface area contributed by atoms with Crippen molar-refractivity contribution in [3.8, 4) is 28.6 Å². The Morgan fingerprint density at radius 3 is 1.77 bits per heavy atom. The molecule has 47 heavy (non-hydrogen) atoms. The molecule has 0 saturated heterocycles. The summed E-state index contributed by atoms with van der Waals surface area (Å²) in [5, 5.41) is 17.3. The van der Waals surface area contributed by atoms with E-state index in [1.165, 1.54) is 10.8 Å². The molecule has 0 atom stereocenters. The fourth-order valence-corrected chi connectivity index (χ4v) is 7.52. The first-order chi connectivity index (χ1) is 23.3. The van der Waals surface area contributed by atoms with Gasteiger partial charge in [-0.15, -0.1) is 0 Å². The second-order valence-electron chi connectivity index (χ2n) is 12.1. The van der Waals surface area contributed by atoms with Gasteiger partial charge in [0.05, 0.1) is 39.4 Å². The van der Waals surface area contributed by atoms with Gasteiger partial charge in [-0.2, -0.15) is 5.26 Å². The summed E-state index contributed by atoms with van der Waals surface area (Å²) in [5.41, 5.74) is 10.8. The van der Waals surface area contributed by atoms with Gasteiger partial charge < -0.3 is 13.6 Å². The second-order valence-corrected chi connectivity index (χ2v) is 12.1. The van der Waals surface area contributed by atoms with E-state index in [-0.39, 0.29) is 0 Å². The lowest BCUT2D eigenvalue weighted by Gasteiger charge is -2.16. The van der Waals surface area contributed by atoms with Crippen LogP contribution in [-0.2, 0) is 0 Å². The molecule has 0 radical (unpaired) electrons. The van der Waals surface area contributed by atoms with E-state index in [1.54, 1.807) is 0 Å². The van der Waals surface area contributed by atoms with Crippen molar-refractivity contribution in [1.29, 1.82) is 5.26 Å². The highest BCUT2D eigenvalue weighted by molar-refractivity contribution is 6.17. The molecule has 4 heteroatoms. The van der Waals surface area contributed by atoms with Crippen molar-refractivity contribution >= 4 is 65.6 Å². The third-order valence-electron chi connectivity index (χ3n) is 9.51. The maximum atomic E-state index is 10.3. The van der Waals surface area contributed by atoms with E-state index in [0.29, 0.717) is 5.56 Å². The first-order valence-corrected chi connectivity index (χ1v) is 15.7. The van der Waals surface area contributed by atoms with Crippen LogP contribution in [0.2, 0.25) is 0 Å². The van der Waals surface area contributed by atoms with Crippen molar-refractivity contribution in [2.75, 3.05) is 0 Å². The Morgan fingerprint density at radius 1 is 0.447 bits per heavy atom. The topological polar surface area (TPSA) is 46.8 Å². The molecule has 10 rings (SSSR count). The summed E-state index contributed by atoms with van der Waals surface area (Å²) in [7, 11) is 0. The zero-order chi connectivity index (χ0) is 31.1. The van der Waals surface area contributed by atoms with E-state index in [1.807, 2.05) is 24.3 Å². The minimum atomic E-state index is 0.602. The van der Waals surface area contributed by atoms with Crippen molar-refractivity contribution in [1.82, 2.24) is 9.13 Å². The van der Waals surface area contributed by atoms with Crippen LogP contribution >= 0.6 is 0 Å². The van der Waals surface area contributed by atoms with Gasteiger partial charge in [0.25, 0.3) is 0 Å². The lowest BCUT2D eigenvalue weighted by atomic mass is 10.00. The molecule has 0 aliphatic rings. The van der Waals surface area contributed by atoms with Crippen molar-refractivity contribution in [3.63, 3.8) is 0 Å². The fraction of sp³-hybridized carbons (Fsp3) is 0. The highest BCUT2D eigenvalue weighted by Gasteiger charge is 2.19. The number of benzene rings is 7. The first kappa shape index (κ1) is 25.7. The molecule has 0 N–H and O–H groups in total. The maximum absolute atomic E-state index is 10.3. The monoisotopic (exact) mass is 599 g/mol. The summed E-state index contributed by atoms with van der Waals surface area (Å²) >= 11 is 0. The largest absolute Gasteiger partial charge is 0.456 e. The van der Waals surface area contributed by atoms with Crippen molar-refractivity contribution in [2.45, 2.75) is 0 Å². The Hall–Kier alpha value is -6.57. The molecular formula is C43H25N3O. The van der Waals surface area contributed by atoms with Crippen LogP contribution in [0.15, 0.2) is 156 Å². The first-order valence-electron chi connectivity index (χ1n) is 15.7. The van der Waals surface area contributed by atoms with Gasteiger partial charge in [-0.25, -0.2) is 0 Å². The molecule has 0 bridgehead atoms. The molecule has 10 aromatic rings. The van der Waals surface area contributed by atoms with Gasteiger partial charge >= 0.3 is 0 Å². The van der Waals surface area contributed by atoms with Gasteiger partial charge in [0.1, 0.15) is 11.2 Å². The molecule has 3 aromatic heterocycles. The standard InChI is InChI=1S/C43H25N3O/c44-26-27-21-28(30-11-1-6-16-37(30)46-39-18-8-2-12-31(39)32-13-3-9-19-40(32)46)23-29(22-27)45-38-17-7-4-14-33(38)35-24-36-34-15-5-10-20-42(34)47-43(36)25-41(35)45/h1-25H. The van der Waals surface area contributed by atoms with Crippen LogP contribution in [-0.4, -0.2) is 9.13 Å². The number of hydrogen-bond acceptors (Lipinski definition) is 2. The van der Waals surface area contributed by atoms with E-state index in [4.69, 9.17) is 4.42 Å². The summed E-state index contributed by atoms with van der Waals surface area (Å²) in [6.45, 7) is 0. The lowest BCUT2D eigenvalue weighted by molar-refractivity contribution is 0.669. The number of para-hydroxylation sites is 5. The van der Waals surface area contributed by atoms with E-state index >= 15 is 0 Å². The number of furan rings is 1. The molecule has 3 heterocycles. The maximum Gasteiger partial charge on any atom is 0.137 e. The fourth-order valence-electron chi connectivity index (χ4n) is 7.52. The second kappa shape index (κ2) is 9.71. The number of fused-ring (bicyclic) bond motifs is 9. The van der Waals surface area contributed by atoms with Gasteiger partial charge in [0, 0.05) is 49.6 Å². The summed E-state index contributed by atoms with van der Waals surface area (Å²) in [5.74, 6) is 0. The van der Waals surface area contributed by atoms with Crippen molar-refractivity contribution in [2.24, 2.45) is 0 Å². The van der Waals surface area contributed by atoms with E-state index in [9.17, 15) is 5.26 Å². The third kappa shape index (κ3) is 3.69. The average Bonchev–Trinajstić information content (AvgIpc) is 3.77. The Kier molecular flexibility index (Phi) is 5.32. The minimum absolute atomic E-state index is 0.602. The highest BCUT2D eigenvalue weighted by atomic mass is 16.3. The van der Waals surface area contributed by atoms with Crippen LogP contribution in [0.5, 0.6) is 0 Å². The predicted octanol–water partition coefficient (Wildman–Crippen LogP) is 11.3. The molecule has 0 amide bonds. The van der Waals surface area contributed by atoms with E-state index in [2.05, 4.69) is 143 Å². The number of nitrogens with zero attached hydrogens (tertiary/aromatic N) is 3. The quantitative estimate of drug-likeness (QED) is 0.203. The zero-order valence-corrected chi connectivity index (χ0v) is 25.2. The van der Waals surface area contributed by atoms with Gasteiger partial charge in [0.15, 0.2) is 0 Å². The van der Waals surface area contributed by atoms with Crippen LogP contribution < -0.4 is 0 Å². The highest BCUT2D eigenvalue weighted by Crippen LogP contribution is 2.40. The number of rotatable bonds is 3. The zero-order valence-electron chi connectivity index (χ0n) is 25.2. The SMILES string of the molecule is N#Cc1cc(-c2ccccc2-n2c3ccccc3c3ccccc32)cc(-n2c3ccccc3c3cc4c(cc32)oc2ccccc24)c1. The van der Waals surface area contributed by atoms with E-state index in [0.717, 1.165) is 77.3 Å². The minimum Gasteiger partial charge on any atom is -0.456 e. The van der Waals surface area contributed by atoms with Crippen molar-refractivity contribution < 1.29 is 4.42 Å². The summed E-state index contributed by atoms with van der Waals surface area (Å²) in [6, 6.07) is 55.3. The molecular weight excluding hydrogens is 574 g/mol. The van der Waals surface area contributed by atoms with Gasteiger partial charge in [-0.1, -0.05) is 91.0 Å². The normalized spacial score (nSPS) is 11.8. The molecule has 0 spiro atoms. The van der Waals surface area contributed by atoms with Gasteiger partial charge in [-0.05, 0) is 60.2 Å². The van der Waals surface area contributed by atoms with Gasteiger partial charge in [0.2, 0.25) is 0 Å². The van der Waals surface area contributed by atoms with Crippen LogP contribution in [0.1, 0.15) is 5.56 Å². The molecule has 0 fully saturated rings. The molecule has 0 aliphatic heterocycles. The number of aromatic nitrogens is 2. The van der Waals surface area contributed by atoms with Crippen LogP contribution in [0.3, 0.4) is 0 Å². The van der Waals surface area contributed by atoms with Crippen LogP contribution in [0.4, 0.5) is 0 Å².